The van der Waals surface area contributed by atoms with Crippen LogP contribution in [0.5, 0.6) is 0 Å². The summed E-state index contributed by atoms with van der Waals surface area (Å²) in [5, 5.41) is 0. The molecule has 4 nitrogen and oxygen atoms in total. The molecular formula is C24H35N3O. The second kappa shape index (κ2) is 7.05. The van der Waals surface area contributed by atoms with Crippen molar-refractivity contribution in [1.82, 2.24) is 9.80 Å². The minimum Gasteiger partial charge on any atom is -0.398 e. The summed E-state index contributed by atoms with van der Waals surface area (Å²) in [4.78, 5) is 17.1. The standard InChI is InChI=1S/C24H35N3O/c1-26(16-24-10-17-6-18(11-24)8-19(7-17)12-24)13-20-14-27(15-20)23(28)9-21-4-2-3-5-22(21)25/h2-5,17-20H,6-16,25H2,1H3. The number of amides is 1. The van der Waals surface area contributed by atoms with Crippen molar-refractivity contribution in [3.05, 3.63) is 29.8 Å². The third-order valence-corrected chi connectivity index (χ3v) is 8.05. The lowest BCUT2D eigenvalue weighted by Gasteiger charge is -2.58. The van der Waals surface area contributed by atoms with Crippen molar-refractivity contribution in [2.45, 2.75) is 44.9 Å². The van der Waals surface area contributed by atoms with Gasteiger partial charge in [-0.25, -0.2) is 0 Å². The molecule has 1 heterocycles. The van der Waals surface area contributed by atoms with Crippen LogP contribution in [0, 0.1) is 29.1 Å². The summed E-state index contributed by atoms with van der Waals surface area (Å²) in [5.74, 6) is 3.94. The van der Waals surface area contributed by atoms with Crippen LogP contribution in [-0.2, 0) is 11.2 Å². The number of rotatable bonds is 6. The molecule has 0 spiro atoms. The van der Waals surface area contributed by atoms with Gasteiger partial charge in [0.25, 0.3) is 0 Å². The SMILES string of the molecule is CN(CC1CN(C(=O)Cc2ccccc2N)C1)CC12CC3CC(CC(C3)C1)C2. The Hall–Kier alpha value is -1.55. The largest absolute Gasteiger partial charge is 0.398 e. The average Bonchev–Trinajstić information content (AvgIpc) is 2.58. The van der Waals surface area contributed by atoms with Gasteiger partial charge in [-0.3, -0.25) is 4.79 Å². The highest BCUT2D eigenvalue weighted by Gasteiger charge is 2.51. The molecule has 1 amide bonds. The first-order valence-corrected chi connectivity index (χ1v) is 11.3. The minimum atomic E-state index is 0.220. The van der Waals surface area contributed by atoms with E-state index in [4.69, 9.17) is 5.73 Å². The van der Waals surface area contributed by atoms with Crippen LogP contribution in [0.1, 0.15) is 44.1 Å². The van der Waals surface area contributed by atoms with E-state index in [-0.39, 0.29) is 5.91 Å². The number of carbonyl (C=O) groups excluding carboxylic acids is 1. The van der Waals surface area contributed by atoms with Crippen molar-refractivity contribution in [1.29, 1.82) is 0 Å². The monoisotopic (exact) mass is 381 g/mol. The van der Waals surface area contributed by atoms with Gasteiger partial charge in [-0.15, -0.1) is 0 Å². The number of carbonyl (C=O) groups is 1. The Kier molecular flexibility index (Phi) is 4.65. The molecule has 2 N–H and O–H groups in total. The summed E-state index contributed by atoms with van der Waals surface area (Å²) < 4.78 is 0. The average molecular weight is 382 g/mol. The van der Waals surface area contributed by atoms with E-state index >= 15 is 0 Å². The number of hydrogen-bond acceptors (Lipinski definition) is 3. The summed E-state index contributed by atoms with van der Waals surface area (Å²) in [7, 11) is 2.31. The van der Waals surface area contributed by atoms with E-state index in [0.29, 0.717) is 17.8 Å². The maximum atomic E-state index is 12.5. The molecule has 0 unspecified atom stereocenters. The predicted octanol–water partition coefficient (Wildman–Crippen LogP) is 3.42. The highest BCUT2D eigenvalue weighted by molar-refractivity contribution is 5.81. The highest BCUT2D eigenvalue weighted by Crippen LogP contribution is 2.60. The van der Waals surface area contributed by atoms with E-state index in [1.807, 2.05) is 29.2 Å². The fourth-order valence-electron chi connectivity index (χ4n) is 7.42. The first kappa shape index (κ1) is 18.5. The second-order valence-corrected chi connectivity index (χ2v) is 10.7. The first-order valence-electron chi connectivity index (χ1n) is 11.3. The van der Waals surface area contributed by atoms with Gasteiger partial charge in [-0.1, -0.05) is 18.2 Å². The van der Waals surface area contributed by atoms with Crippen LogP contribution in [0.15, 0.2) is 24.3 Å². The molecule has 1 saturated heterocycles. The fraction of sp³-hybridized carbons (Fsp3) is 0.708. The van der Waals surface area contributed by atoms with Crippen molar-refractivity contribution in [2.24, 2.45) is 29.1 Å². The maximum absolute atomic E-state index is 12.5. The Bertz CT molecular complexity index is 704. The molecule has 4 saturated carbocycles. The number of hydrogen-bond donors (Lipinski definition) is 1. The number of likely N-dealkylation sites (tertiary alicyclic amines) is 1. The first-order chi connectivity index (χ1) is 13.5. The van der Waals surface area contributed by atoms with Gasteiger partial charge in [0.05, 0.1) is 6.42 Å². The van der Waals surface area contributed by atoms with Crippen molar-refractivity contribution in [3.63, 3.8) is 0 Å². The number of para-hydroxylation sites is 1. The van der Waals surface area contributed by atoms with E-state index in [2.05, 4.69) is 11.9 Å². The van der Waals surface area contributed by atoms with Crippen molar-refractivity contribution in [2.75, 3.05) is 39.0 Å². The Morgan fingerprint density at radius 1 is 1.11 bits per heavy atom. The van der Waals surface area contributed by atoms with Crippen LogP contribution in [-0.4, -0.2) is 48.9 Å². The van der Waals surface area contributed by atoms with Crippen molar-refractivity contribution < 1.29 is 4.79 Å². The van der Waals surface area contributed by atoms with E-state index in [0.717, 1.165) is 48.6 Å². The van der Waals surface area contributed by atoms with Gasteiger partial charge >= 0.3 is 0 Å². The van der Waals surface area contributed by atoms with Gasteiger partial charge in [0.2, 0.25) is 5.91 Å². The lowest BCUT2D eigenvalue weighted by Crippen LogP contribution is -2.56. The zero-order valence-corrected chi connectivity index (χ0v) is 17.3. The van der Waals surface area contributed by atoms with Crippen molar-refractivity contribution >= 4 is 11.6 Å². The van der Waals surface area contributed by atoms with Crippen molar-refractivity contribution in [3.8, 4) is 0 Å². The number of nitrogens with zero attached hydrogens (tertiary/aromatic N) is 2. The molecule has 4 aliphatic carbocycles. The summed E-state index contributed by atoms with van der Waals surface area (Å²) in [6.45, 7) is 4.24. The second-order valence-electron chi connectivity index (χ2n) is 10.7. The minimum absolute atomic E-state index is 0.220. The lowest BCUT2D eigenvalue weighted by molar-refractivity contribution is -0.137. The van der Waals surface area contributed by atoms with Gasteiger partial charge in [0, 0.05) is 37.8 Å². The number of anilines is 1. The zero-order valence-electron chi connectivity index (χ0n) is 17.3. The van der Waals surface area contributed by atoms with Gasteiger partial charge in [-0.05, 0) is 80.4 Å². The Morgan fingerprint density at radius 2 is 1.71 bits per heavy atom. The molecule has 5 aliphatic rings. The smallest absolute Gasteiger partial charge is 0.227 e. The molecule has 152 valence electrons. The molecular weight excluding hydrogens is 346 g/mol. The molecule has 1 aromatic carbocycles. The molecule has 0 atom stereocenters. The molecule has 0 aromatic heterocycles. The third kappa shape index (κ3) is 3.56. The van der Waals surface area contributed by atoms with Crippen LogP contribution < -0.4 is 5.73 Å². The van der Waals surface area contributed by atoms with E-state index in [9.17, 15) is 4.79 Å². The molecule has 6 rings (SSSR count). The summed E-state index contributed by atoms with van der Waals surface area (Å²) >= 11 is 0. The number of nitrogens with two attached hydrogens (primary N) is 1. The molecule has 1 aromatic rings. The quantitative estimate of drug-likeness (QED) is 0.768. The predicted molar refractivity (Wildman–Crippen MR) is 113 cm³/mol. The van der Waals surface area contributed by atoms with Crippen LogP contribution >= 0.6 is 0 Å². The topological polar surface area (TPSA) is 49.6 Å². The van der Waals surface area contributed by atoms with E-state index < -0.39 is 0 Å². The summed E-state index contributed by atoms with van der Waals surface area (Å²) in [6, 6.07) is 7.71. The molecule has 4 heteroatoms. The molecule has 0 radical (unpaired) electrons. The molecule has 5 fully saturated rings. The normalized spacial score (nSPS) is 34.1. The van der Waals surface area contributed by atoms with Crippen LogP contribution in [0.25, 0.3) is 0 Å². The Labute approximate surface area is 169 Å². The van der Waals surface area contributed by atoms with Gasteiger partial charge in [0.1, 0.15) is 0 Å². The van der Waals surface area contributed by atoms with Gasteiger partial charge in [-0.2, -0.15) is 0 Å². The number of benzene rings is 1. The van der Waals surface area contributed by atoms with Crippen LogP contribution in [0.2, 0.25) is 0 Å². The maximum Gasteiger partial charge on any atom is 0.227 e. The van der Waals surface area contributed by atoms with E-state index in [1.165, 1.54) is 45.1 Å². The summed E-state index contributed by atoms with van der Waals surface area (Å²) in [6.07, 6.45) is 9.45. The lowest BCUT2D eigenvalue weighted by atomic mass is 9.49. The van der Waals surface area contributed by atoms with Crippen LogP contribution in [0.4, 0.5) is 5.69 Å². The molecule has 1 aliphatic heterocycles. The van der Waals surface area contributed by atoms with Gasteiger partial charge in [0.15, 0.2) is 0 Å². The molecule has 4 bridgehead atoms. The highest BCUT2D eigenvalue weighted by atomic mass is 16.2. The number of nitrogen functional groups attached to an aromatic ring is 1. The van der Waals surface area contributed by atoms with Gasteiger partial charge < -0.3 is 15.5 Å². The zero-order chi connectivity index (χ0) is 19.3. The molecule has 28 heavy (non-hydrogen) atoms. The summed E-state index contributed by atoms with van der Waals surface area (Å²) in [5.41, 5.74) is 8.28. The Morgan fingerprint density at radius 3 is 2.32 bits per heavy atom. The fourth-order valence-corrected chi connectivity index (χ4v) is 7.42. The van der Waals surface area contributed by atoms with Crippen LogP contribution in [0.3, 0.4) is 0 Å². The third-order valence-electron chi connectivity index (χ3n) is 8.05. The van der Waals surface area contributed by atoms with E-state index in [1.54, 1.807) is 0 Å². The Balaban J connectivity index is 1.09.